The van der Waals surface area contributed by atoms with E-state index in [9.17, 15) is 9.59 Å². The maximum atomic E-state index is 11.3. The number of carbonyl (C=O) groups excluding carboxylic acids is 2. The van der Waals surface area contributed by atoms with Crippen LogP contribution in [0.15, 0.2) is 30.3 Å². The van der Waals surface area contributed by atoms with Gasteiger partial charge in [-0.1, -0.05) is 30.3 Å². The third kappa shape index (κ3) is 2.98. The van der Waals surface area contributed by atoms with Crippen molar-refractivity contribution in [2.45, 2.75) is 6.10 Å². The summed E-state index contributed by atoms with van der Waals surface area (Å²) >= 11 is 0. The van der Waals surface area contributed by atoms with Crippen LogP contribution >= 0.6 is 0 Å². The van der Waals surface area contributed by atoms with E-state index in [-0.39, 0.29) is 0 Å². The van der Waals surface area contributed by atoms with Gasteiger partial charge in [0.05, 0.1) is 7.11 Å². The second-order valence-corrected chi connectivity index (χ2v) is 2.75. The van der Waals surface area contributed by atoms with Crippen molar-refractivity contribution in [1.82, 2.24) is 0 Å². The van der Waals surface area contributed by atoms with Crippen LogP contribution < -0.4 is 5.73 Å². The van der Waals surface area contributed by atoms with E-state index in [0.29, 0.717) is 5.56 Å². The van der Waals surface area contributed by atoms with Gasteiger partial charge < -0.3 is 15.2 Å². The van der Waals surface area contributed by atoms with E-state index in [2.05, 4.69) is 9.47 Å². The first-order valence-electron chi connectivity index (χ1n) is 4.24. The first-order chi connectivity index (χ1) is 7.15. The van der Waals surface area contributed by atoms with Crippen molar-refractivity contribution < 1.29 is 19.1 Å². The maximum Gasteiger partial charge on any atom is 0.405 e. The molecule has 2 N–H and O–H groups in total. The summed E-state index contributed by atoms with van der Waals surface area (Å²) in [5.41, 5.74) is 5.37. The van der Waals surface area contributed by atoms with Crippen LogP contribution in [0.5, 0.6) is 0 Å². The van der Waals surface area contributed by atoms with Crippen molar-refractivity contribution in [2.24, 2.45) is 5.73 Å². The Morgan fingerprint density at radius 1 is 1.27 bits per heavy atom. The molecule has 1 aromatic carbocycles. The average Bonchev–Trinajstić information content (AvgIpc) is 2.26. The maximum absolute atomic E-state index is 11.3. The molecule has 0 radical (unpaired) electrons. The first kappa shape index (κ1) is 11.0. The number of hydrogen-bond donors (Lipinski definition) is 1. The lowest BCUT2D eigenvalue weighted by Gasteiger charge is -2.13. The van der Waals surface area contributed by atoms with Crippen LogP contribution in [0.25, 0.3) is 0 Å². The molecule has 0 saturated carbocycles. The Bertz CT molecular complexity index is 350. The average molecular weight is 209 g/mol. The summed E-state index contributed by atoms with van der Waals surface area (Å²) in [5, 5.41) is 0. The summed E-state index contributed by atoms with van der Waals surface area (Å²) in [6.45, 7) is 0. The predicted octanol–water partition coefficient (Wildman–Crippen LogP) is 0.996. The molecule has 15 heavy (non-hydrogen) atoms. The highest BCUT2D eigenvalue weighted by Crippen LogP contribution is 2.18. The van der Waals surface area contributed by atoms with E-state index in [1.54, 1.807) is 30.3 Å². The molecular weight excluding hydrogens is 198 g/mol. The second-order valence-electron chi connectivity index (χ2n) is 2.75. The van der Waals surface area contributed by atoms with Crippen LogP contribution in [0, 0.1) is 0 Å². The third-order valence-electron chi connectivity index (χ3n) is 1.75. The molecule has 1 rings (SSSR count). The zero-order valence-electron chi connectivity index (χ0n) is 8.17. The fraction of sp³-hybridized carbons (Fsp3) is 0.200. The van der Waals surface area contributed by atoms with Gasteiger partial charge in [0.25, 0.3) is 0 Å². The van der Waals surface area contributed by atoms with Crippen LogP contribution in [0.3, 0.4) is 0 Å². The fourth-order valence-corrected chi connectivity index (χ4v) is 1.10. The predicted molar refractivity (Wildman–Crippen MR) is 51.9 cm³/mol. The molecule has 5 nitrogen and oxygen atoms in total. The Morgan fingerprint density at radius 3 is 2.33 bits per heavy atom. The van der Waals surface area contributed by atoms with Crippen LogP contribution in [0.1, 0.15) is 11.7 Å². The lowest BCUT2D eigenvalue weighted by atomic mass is 10.1. The third-order valence-corrected chi connectivity index (χ3v) is 1.75. The Kier molecular flexibility index (Phi) is 3.68. The highest BCUT2D eigenvalue weighted by molar-refractivity contribution is 5.79. The molecule has 80 valence electrons. The van der Waals surface area contributed by atoms with Gasteiger partial charge in [-0.05, 0) is 0 Å². The lowest BCUT2D eigenvalue weighted by Crippen LogP contribution is -2.24. The zero-order chi connectivity index (χ0) is 11.3. The minimum absolute atomic E-state index is 0.517. The molecule has 0 aliphatic rings. The van der Waals surface area contributed by atoms with Gasteiger partial charge in [-0.3, -0.25) is 0 Å². The minimum atomic E-state index is -1.10. The number of esters is 1. The Morgan fingerprint density at radius 2 is 1.87 bits per heavy atom. The number of methoxy groups -OCH3 is 1. The Labute approximate surface area is 86.8 Å². The molecular formula is C10H11NO4. The molecule has 0 aliphatic heterocycles. The van der Waals surface area contributed by atoms with E-state index >= 15 is 0 Å². The van der Waals surface area contributed by atoms with Gasteiger partial charge in [0.15, 0.2) is 0 Å². The summed E-state index contributed by atoms with van der Waals surface area (Å²) in [7, 11) is 1.21. The van der Waals surface area contributed by atoms with Crippen molar-refractivity contribution in [3.05, 3.63) is 35.9 Å². The van der Waals surface area contributed by atoms with E-state index in [1.165, 1.54) is 7.11 Å². The topological polar surface area (TPSA) is 78.6 Å². The summed E-state index contributed by atoms with van der Waals surface area (Å²) in [5.74, 6) is -0.667. The molecule has 0 heterocycles. The molecule has 1 amide bonds. The van der Waals surface area contributed by atoms with Gasteiger partial charge in [0.2, 0.25) is 6.10 Å². The standard InChI is InChI=1S/C10H11NO4/c1-14-9(12)8(15-10(11)13)7-5-3-2-4-6-7/h2-6,8H,1H3,(H2,11,13)/t8-/m0/s1. The first-order valence-corrected chi connectivity index (χ1v) is 4.24. The number of amides is 1. The van der Waals surface area contributed by atoms with E-state index < -0.39 is 18.2 Å². The van der Waals surface area contributed by atoms with E-state index in [0.717, 1.165) is 0 Å². The Balaban J connectivity index is 2.91. The van der Waals surface area contributed by atoms with Gasteiger partial charge in [0, 0.05) is 5.56 Å². The smallest absolute Gasteiger partial charge is 0.405 e. The molecule has 0 bridgehead atoms. The van der Waals surface area contributed by atoms with Crippen LogP contribution in [-0.4, -0.2) is 19.2 Å². The van der Waals surface area contributed by atoms with Gasteiger partial charge in [-0.2, -0.15) is 0 Å². The fourth-order valence-electron chi connectivity index (χ4n) is 1.10. The molecule has 0 aliphatic carbocycles. The molecule has 0 unspecified atom stereocenters. The largest absolute Gasteiger partial charge is 0.466 e. The molecule has 0 spiro atoms. The highest BCUT2D eigenvalue weighted by Gasteiger charge is 2.24. The molecule has 5 heteroatoms. The lowest BCUT2D eigenvalue weighted by molar-refractivity contribution is -0.150. The summed E-state index contributed by atoms with van der Waals surface area (Å²) in [6, 6.07) is 8.50. The number of ether oxygens (including phenoxy) is 2. The molecule has 0 saturated heterocycles. The van der Waals surface area contributed by atoms with Crippen molar-refractivity contribution in [2.75, 3.05) is 7.11 Å². The van der Waals surface area contributed by atoms with Gasteiger partial charge in [-0.15, -0.1) is 0 Å². The number of rotatable bonds is 3. The molecule has 0 aromatic heterocycles. The van der Waals surface area contributed by atoms with Gasteiger partial charge in [0.1, 0.15) is 0 Å². The monoisotopic (exact) mass is 209 g/mol. The molecule has 1 aromatic rings. The van der Waals surface area contributed by atoms with E-state index in [4.69, 9.17) is 5.73 Å². The van der Waals surface area contributed by atoms with Gasteiger partial charge >= 0.3 is 12.1 Å². The SMILES string of the molecule is COC(=O)[C@@H](OC(N)=O)c1ccccc1. The molecule has 1 atom stereocenters. The van der Waals surface area contributed by atoms with Crippen molar-refractivity contribution in [3.63, 3.8) is 0 Å². The Hall–Kier alpha value is -2.04. The van der Waals surface area contributed by atoms with Crippen LogP contribution in [-0.2, 0) is 14.3 Å². The zero-order valence-corrected chi connectivity index (χ0v) is 8.17. The number of primary amides is 1. The minimum Gasteiger partial charge on any atom is -0.466 e. The molecule has 0 fully saturated rings. The number of nitrogens with two attached hydrogens (primary N) is 1. The quantitative estimate of drug-likeness (QED) is 0.753. The van der Waals surface area contributed by atoms with Crippen molar-refractivity contribution in [3.8, 4) is 0 Å². The summed E-state index contributed by atoms with van der Waals surface area (Å²) < 4.78 is 9.15. The van der Waals surface area contributed by atoms with Crippen molar-refractivity contribution >= 4 is 12.1 Å². The van der Waals surface area contributed by atoms with Gasteiger partial charge in [-0.25, -0.2) is 9.59 Å². The number of hydrogen-bond acceptors (Lipinski definition) is 4. The second kappa shape index (κ2) is 4.99. The van der Waals surface area contributed by atoms with E-state index in [1.807, 2.05) is 0 Å². The van der Waals surface area contributed by atoms with Crippen molar-refractivity contribution in [1.29, 1.82) is 0 Å². The normalized spacial score (nSPS) is 11.5. The number of carbonyl (C=O) groups is 2. The number of benzene rings is 1. The summed E-state index contributed by atoms with van der Waals surface area (Å²) in [4.78, 5) is 21.9. The summed E-state index contributed by atoms with van der Waals surface area (Å²) in [6.07, 6.45) is -2.12. The van der Waals surface area contributed by atoms with Crippen LogP contribution in [0.4, 0.5) is 4.79 Å². The highest BCUT2D eigenvalue weighted by atomic mass is 16.6. The van der Waals surface area contributed by atoms with Crippen LogP contribution in [0.2, 0.25) is 0 Å².